The molecule has 0 spiro atoms. The first-order valence-corrected chi connectivity index (χ1v) is 7.64. The normalized spacial score (nSPS) is 7.12. The molecule has 0 aromatic carbocycles. The van der Waals surface area contributed by atoms with Crippen LogP contribution in [0.1, 0.15) is 6.92 Å². The van der Waals surface area contributed by atoms with E-state index in [0.717, 1.165) is 0 Å². The maximum atomic E-state index is 8.74. The molecule has 0 rings (SSSR count). The van der Waals surface area contributed by atoms with Crippen molar-refractivity contribution < 1.29 is 14.4 Å². The number of hydrogen-bond donors (Lipinski definition) is 2. The maximum absolute atomic E-state index is 8.74. The molecular weight excluding hydrogens is 155 g/mol. The summed E-state index contributed by atoms with van der Waals surface area (Å²) in [4.78, 5) is 14.3. The van der Waals surface area contributed by atoms with Crippen molar-refractivity contribution in [2.24, 2.45) is 0 Å². The van der Waals surface area contributed by atoms with Gasteiger partial charge in [-0.15, -0.1) is 0 Å². The van der Waals surface area contributed by atoms with Crippen LogP contribution in [0.15, 0.2) is 0 Å². The van der Waals surface area contributed by atoms with Gasteiger partial charge >= 0.3 is 54.6 Å². The summed E-state index contributed by atoms with van der Waals surface area (Å²) < 4.78 is 12.6. The van der Waals surface area contributed by atoms with Crippen LogP contribution in [-0.2, 0) is 4.57 Å². The summed E-state index contributed by atoms with van der Waals surface area (Å²) in [6.07, 6.45) is 0. The Morgan fingerprint density at radius 1 is 1.62 bits per heavy atom. The van der Waals surface area contributed by atoms with Gasteiger partial charge in [-0.05, 0) is 0 Å². The third-order valence-electron chi connectivity index (χ3n) is 0.500. The molecule has 0 bridgehead atoms. The molecule has 0 aliphatic carbocycles. The molecule has 0 amide bonds. The minimum Gasteiger partial charge on any atom is -0.326 e. The summed E-state index contributed by atoms with van der Waals surface area (Å²) in [6, 6.07) is 0. The van der Waals surface area contributed by atoms with Crippen LogP contribution in [0.4, 0.5) is 0 Å². The van der Waals surface area contributed by atoms with Gasteiger partial charge in [-0.25, -0.2) is 0 Å². The largest absolute Gasteiger partial charge is 0.326 e. The average Bonchev–Trinajstić information content (AvgIpc) is 1.65. The fourth-order valence-corrected chi connectivity index (χ4v) is 0. The fraction of sp³-hybridized carbons (Fsp3) is 1.00. The van der Waals surface area contributed by atoms with Crippen molar-refractivity contribution >= 4 is 42.1 Å². The summed E-state index contributed by atoms with van der Waals surface area (Å²) in [6.45, 7) is 2.26. The molecule has 0 saturated carbocycles. The molecule has 2 N–H and O–H groups in total. The molecule has 8 heavy (non-hydrogen) atoms. The molecule has 0 fully saturated rings. The van der Waals surface area contributed by atoms with Gasteiger partial charge in [0.25, 0.3) is 0 Å². The van der Waals surface area contributed by atoms with Gasteiger partial charge in [0.1, 0.15) is 0 Å². The Hall–Kier alpha value is 1.41. The molecule has 48 valence electrons. The second kappa shape index (κ2) is 11.2. The Kier molecular flexibility index (Phi) is 17.0. The van der Waals surface area contributed by atoms with E-state index in [9.17, 15) is 0 Å². The van der Waals surface area contributed by atoms with Crippen LogP contribution >= 0.6 is 8.25 Å². The molecule has 3 nitrogen and oxygen atoms in total. The Morgan fingerprint density at radius 2 is 1.75 bits per heavy atom. The van der Waals surface area contributed by atoms with Crippen LogP contribution in [0.3, 0.4) is 0 Å². The summed E-state index contributed by atoms with van der Waals surface area (Å²) in [5.41, 5.74) is 0. The summed E-state index contributed by atoms with van der Waals surface area (Å²) in [5, 5.41) is 0. The molecule has 0 aliphatic heterocycles. The average molecular weight is 166 g/mol. The monoisotopic (exact) mass is 166 g/mol. The van der Waals surface area contributed by atoms with Gasteiger partial charge in [-0.2, -0.15) is 0 Å². The predicted molar refractivity (Wildman–Crippen MR) is 35.5 cm³/mol. The van der Waals surface area contributed by atoms with E-state index < -0.39 is 8.25 Å². The molecule has 5 heteroatoms. The van der Waals surface area contributed by atoms with Crippen molar-refractivity contribution in [3.8, 4) is 0 Å². The van der Waals surface area contributed by atoms with Gasteiger partial charge in [0.15, 0.2) is 0 Å². The zero-order chi connectivity index (χ0) is 6.99. The maximum Gasteiger partial charge on any atom is 0.314 e. The van der Waals surface area contributed by atoms with Crippen LogP contribution in [0, 0.1) is 0 Å². The Bertz CT molecular complexity index is 52.5. The van der Waals surface area contributed by atoms with Crippen LogP contribution < -0.4 is 0 Å². The fourth-order valence-electron chi connectivity index (χ4n) is 0. The van der Waals surface area contributed by atoms with Crippen molar-refractivity contribution in [3.05, 3.63) is 0 Å². The van der Waals surface area contributed by atoms with Crippen LogP contribution in [0.25, 0.3) is 0 Å². The van der Waals surface area contributed by atoms with Gasteiger partial charge in [0.2, 0.25) is 0 Å². The minimum absolute atomic E-state index is 0.111. The smallest absolute Gasteiger partial charge is 0.314 e. The van der Waals surface area contributed by atoms with E-state index in [4.69, 9.17) is 14.4 Å². The summed E-state index contributed by atoms with van der Waals surface area (Å²) >= 11 is 0.111. The molecule has 0 radical (unpaired) electrons. The van der Waals surface area contributed by atoms with E-state index in [0.29, 0.717) is 0 Å². The van der Waals surface area contributed by atoms with Gasteiger partial charge in [-0.1, -0.05) is 0 Å². The molecule has 0 aromatic heterocycles. The minimum atomic E-state index is -3.13. The summed E-state index contributed by atoms with van der Waals surface area (Å²) in [7, 11) is -3.13. The van der Waals surface area contributed by atoms with E-state index in [2.05, 4.69) is 9.94 Å². The van der Waals surface area contributed by atoms with E-state index in [1.165, 1.54) is 2.52 Å². The van der Waals surface area contributed by atoms with E-state index >= 15 is 0 Å². The molecule has 0 aliphatic rings. The quantitative estimate of drug-likeness (QED) is 0.441. The standard InChI is InChI=1S/C2H5.CH3.Ca.H3O3P/c1-2;;;1-4(2)3/h1H2,2H3;1H3;;4H,(H2,1,2,3). The Labute approximate surface area is 68.4 Å². The first-order chi connectivity index (χ1) is 3.65. The van der Waals surface area contributed by atoms with Crippen LogP contribution in [0.5, 0.6) is 0 Å². The Morgan fingerprint density at radius 3 is 1.75 bits per heavy atom. The van der Waals surface area contributed by atoms with Gasteiger partial charge in [-0.3, -0.25) is 4.57 Å². The molecule has 0 atom stereocenters. The van der Waals surface area contributed by atoms with Crippen molar-refractivity contribution in [2.45, 2.75) is 12.5 Å². The topological polar surface area (TPSA) is 57.5 Å². The van der Waals surface area contributed by atoms with Crippen LogP contribution in [0.2, 0.25) is 5.54 Å². The van der Waals surface area contributed by atoms with Crippen molar-refractivity contribution in [1.82, 2.24) is 0 Å². The van der Waals surface area contributed by atoms with Crippen molar-refractivity contribution in [1.29, 1.82) is 0 Å². The molecule has 0 unspecified atom stereocenters. The third kappa shape index (κ3) is 52.4. The Balaban J connectivity index is 0. The van der Waals surface area contributed by atoms with E-state index in [1.807, 2.05) is 0 Å². The van der Waals surface area contributed by atoms with E-state index in [1.54, 1.807) is 0 Å². The third-order valence-corrected chi connectivity index (χ3v) is 2.06. The molecule has 0 heterocycles. The molecule has 0 saturated heterocycles. The SMILES string of the molecule is C[CH2][Ca][CH3].O=[PH](O)O. The molecule has 0 aromatic rings. The number of hydrogen-bond acceptors (Lipinski definition) is 1. The number of rotatable bonds is 1. The second-order valence-electron chi connectivity index (χ2n) is 1.28. The zero-order valence-corrected chi connectivity index (χ0v) is 8.43. The zero-order valence-electron chi connectivity index (χ0n) is 5.22. The molecular formula is C3H11CaO3P. The van der Waals surface area contributed by atoms with Gasteiger partial charge in [0.05, 0.1) is 0 Å². The predicted octanol–water partition coefficient (Wildman–Crippen LogP) is 0.538. The van der Waals surface area contributed by atoms with Gasteiger partial charge < -0.3 is 9.79 Å². The second-order valence-corrected chi connectivity index (χ2v) is 4.97. The first-order valence-electron chi connectivity index (χ1n) is 2.57. The first kappa shape index (κ1) is 12.1. The summed E-state index contributed by atoms with van der Waals surface area (Å²) in [5.74, 6) is 0. The van der Waals surface area contributed by atoms with Gasteiger partial charge in [0, 0.05) is 0 Å². The van der Waals surface area contributed by atoms with Crippen molar-refractivity contribution in [3.63, 3.8) is 0 Å². The van der Waals surface area contributed by atoms with Crippen LogP contribution in [-0.4, -0.2) is 43.6 Å². The van der Waals surface area contributed by atoms with Crippen molar-refractivity contribution in [2.75, 3.05) is 0 Å². The van der Waals surface area contributed by atoms with E-state index in [-0.39, 0.29) is 33.8 Å².